The van der Waals surface area contributed by atoms with E-state index in [9.17, 15) is 14.4 Å². The second-order valence-electron chi connectivity index (χ2n) is 3.04. The Morgan fingerprint density at radius 3 is 0.684 bits per heavy atom. The molecular formula is C9H18CoO9. The van der Waals surface area contributed by atoms with Crippen molar-refractivity contribution in [2.24, 2.45) is 0 Å². The Morgan fingerprint density at radius 1 is 0.632 bits per heavy atom. The van der Waals surface area contributed by atoms with Gasteiger partial charge in [0.2, 0.25) is 0 Å². The number of carboxylic acids is 3. The summed E-state index contributed by atoms with van der Waals surface area (Å²) in [5, 5.41) is 47.3. The molecule has 0 heterocycles. The van der Waals surface area contributed by atoms with Gasteiger partial charge in [-0.15, -0.1) is 0 Å². The Bertz CT molecular complexity index is 220. The molecule has 9 nitrogen and oxygen atoms in total. The van der Waals surface area contributed by atoms with Crippen molar-refractivity contribution in [3.8, 4) is 0 Å². The van der Waals surface area contributed by atoms with Crippen molar-refractivity contribution in [1.82, 2.24) is 0 Å². The molecule has 0 aliphatic rings. The first-order chi connectivity index (χ1) is 7.93. The average molecular weight is 329 g/mol. The minimum Gasteiger partial charge on any atom is -0.479 e. The van der Waals surface area contributed by atoms with Crippen LogP contribution in [0.25, 0.3) is 0 Å². The molecule has 19 heavy (non-hydrogen) atoms. The third kappa shape index (κ3) is 31.5. The van der Waals surface area contributed by atoms with E-state index in [1.807, 2.05) is 0 Å². The minimum absolute atomic E-state index is 0. The number of carboxylic acid groups (broad SMARTS) is 3. The minimum atomic E-state index is -1.23. The van der Waals surface area contributed by atoms with E-state index in [4.69, 9.17) is 30.6 Å². The van der Waals surface area contributed by atoms with E-state index in [1.165, 1.54) is 20.8 Å². The second kappa shape index (κ2) is 14.9. The van der Waals surface area contributed by atoms with Gasteiger partial charge in [-0.25, -0.2) is 14.4 Å². The van der Waals surface area contributed by atoms with E-state index in [1.54, 1.807) is 0 Å². The van der Waals surface area contributed by atoms with Crippen LogP contribution in [0, 0.1) is 0 Å². The Balaban J connectivity index is -0.0000000865. The maximum atomic E-state index is 9.45. The smallest absolute Gasteiger partial charge is 0.332 e. The molecule has 0 aromatic heterocycles. The zero-order chi connectivity index (χ0) is 15.5. The molecule has 0 aliphatic heterocycles. The molecule has 6 N–H and O–H groups in total. The first-order valence-corrected chi connectivity index (χ1v) is 4.66. The van der Waals surface area contributed by atoms with Crippen LogP contribution in [-0.2, 0) is 31.2 Å². The van der Waals surface area contributed by atoms with Gasteiger partial charge in [-0.05, 0) is 20.8 Å². The van der Waals surface area contributed by atoms with Crippen molar-refractivity contribution < 1.29 is 61.8 Å². The molecule has 0 saturated carbocycles. The third-order valence-electron chi connectivity index (χ3n) is 1.07. The van der Waals surface area contributed by atoms with Gasteiger partial charge < -0.3 is 30.6 Å². The molecule has 10 heteroatoms. The van der Waals surface area contributed by atoms with Crippen molar-refractivity contribution in [2.75, 3.05) is 0 Å². The van der Waals surface area contributed by atoms with Crippen molar-refractivity contribution >= 4 is 17.9 Å². The van der Waals surface area contributed by atoms with Gasteiger partial charge in [0.1, 0.15) is 18.3 Å². The van der Waals surface area contributed by atoms with E-state index in [-0.39, 0.29) is 16.8 Å². The summed E-state index contributed by atoms with van der Waals surface area (Å²) >= 11 is 0. The summed E-state index contributed by atoms with van der Waals surface area (Å²) in [5.74, 6) is -3.56. The molecule has 1 radical (unpaired) electrons. The molecule has 0 saturated heterocycles. The zero-order valence-corrected chi connectivity index (χ0v) is 11.5. The summed E-state index contributed by atoms with van der Waals surface area (Å²) in [6.07, 6.45) is -3.69. The van der Waals surface area contributed by atoms with Gasteiger partial charge in [-0.2, -0.15) is 0 Å². The molecule has 0 aromatic carbocycles. The number of aliphatic hydroxyl groups is 3. The topological polar surface area (TPSA) is 173 Å². The molecule has 0 bridgehead atoms. The average Bonchev–Trinajstić information content (AvgIpc) is 2.18. The van der Waals surface area contributed by atoms with E-state index in [0.29, 0.717) is 0 Å². The first-order valence-electron chi connectivity index (χ1n) is 4.66. The summed E-state index contributed by atoms with van der Waals surface area (Å²) in [6.45, 7) is 3.59. The van der Waals surface area contributed by atoms with Crippen LogP contribution in [0.15, 0.2) is 0 Å². The molecule has 3 atom stereocenters. The molecular weight excluding hydrogens is 311 g/mol. The number of rotatable bonds is 3. The molecule has 0 aliphatic carbocycles. The van der Waals surface area contributed by atoms with Crippen LogP contribution in [-0.4, -0.2) is 66.9 Å². The number of hydrogen-bond donors (Lipinski definition) is 6. The maximum Gasteiger partial charge on any atom is 0.332 e. The van der Waals surface area contributed by atoms with E-state index in [2.05, 4.69) is 0 Å². The second-order valence-corrected chi connectivity index (χ2v) is 3.04. The predicted molar refractivity (Wildman–Crippen MR) is 57.9 cm³/mol. The van der Waals surface area contributed by atoms with Gasteiger partial charge in [0.05, 0.1) is 0 Å². The molecule has 117 valence electrons. The van der Waals surface area contributed by atoms with Gasteiger partial charge in [-0.3, -0.25) is 0 Å². The van der Waals surface area contributed by atoms with E-state index < -0.39 is 36.2 Å². The normalized spacial score (nSPS) is 12.9. The SMILES string of the molecule is CC(O)C(=O)O.CC(O)C(=O)O.CC(O)C(=O)O.[Co]. The summed E-state index contributed by atoms with van der Waals surface area (Å²) in [5.41, 5.74) is 0. The van der Waals surface area contributed by atoms with Crippen molar-refractivity contribution in [2.45, 2.75) is 39.1 Å². The van der Waals surface area contributed by atoms with Gasteiger partial charge in [0.15, 0.2) is 0 Å². The first kappa shape index (κ1) is 26.4. The van der Waals surface area contributed by atoms with Gasteiger partial charge in [0, 0.05) is 16.8 Å². The van der Waals surface area contributed by atoms with Crippen LogP contribution < -0.4 is 0 Å². The van der Waals surface area contributed by atoms with Crippen LogP contribution in [0.2, 0.25) is 0 Å². The largest absolute Gasteiger partial charge is 0.479 e. The van der Waals surface area contributed by atoms with Gasteiger partial charge in [0.25, 0.3) is 0 Å². The number of aliphatic hydroxyl groups excluding tert-OH is 3. The fraction of sp³-hybridized carbons (Fsp3) is 0.667. The fourth-order valence-electron chi connectivity index (χ4n) is 0. The quantitative estimate of drug-likeness (QED) is 0.355. The summed E-state index contributed by atoms with van der Waals surface area (Å²) < 4.78 is 0. The number of aliphatic carboxylic acids is 3. The van der Waals surface area contributed by atoms with Crippen molar-refractivity contribution in [3.05, 3.63) is 0 Å². The Hall–Kier alpha value is -1.20. The monoisotopic (exact) mass is 329 g/mol. The van der Waals surface area contributed by atoms with Crippen molar-refractivity contribution in [3.63, 3.8) is 0 Å². The van der Waals surface area contributed by atoms with Crippen LogP contribution >= 0.6 is 0 Å². The standard InChI is InChI=1S/3C3H6O3.Co/c3*1-2(4)3(5)6;/h3*2,4H,1H3,(H,5,6);. The van der Waals surface area contributed by atoms with Crippen LogP contribution in [0.3, 0.4) is 0 Å². The number of hydrogen-bond acceptors (Lipinski definition) is 6. The van der Waals surface area contributed by atoms with Gasteiger partial charge >= 0.3 is 17.9 Å². The Labute approximate surface area is 119 Å². The molecule has 0 rings (SSSR count). The molecule has 0 amide bonds. The van der Waals surface area contributed by atoms with Crippen molar-refractivity contribution in [1.29, 1.82) is 0 Å². The van der Waals surface area contributed by atoms with E-state index in [0.717, 1.165) is 0 Å². The summed E-state index contributed by atoms with van der Waals surface area (Å²) in [6, 6.07) is 0. The fourth-order valence-corrected chi connectivity index (χ4v) is 0. The molecule has 0 fully saturated rings. The van der Waals surface area contributed by atoms with Crippen LogP contribution in [0.1, 0.15) is 20.8 Å². The number of carbonyl (C=O) groups is 3. The molecule has 0 spiro atoms. The Kier molecular flexibility index (Phi) is 20.6. The van der Waals surface area contributed by atoms with Crippen LogP contribution in [0.4, 0.5) is 0 Å². The summed E-state index contributed by atoms with van der Waals surface area (Å²) in [4.78, 5) is 28.3. The van der Waals surface area contributed by atoms with E-state index >= 15 is 0 Å². The third-order valence-corrected chi connectivity index (χ3v) is 1.07. The van der Waals surface area contributed by atoms with Crippen LogP contribution in [0.5, 0.6) is 0 Å². The Morgan fingerprint density at radius 2 is 0.684 bits per heavy atom. The predicted octanol–water partition coefficient (Wildman–Crippen LogP) is -1.65. The summed E-state index contributed by atoms with van der Waals surface area (Å²) in [7, 11) is 0. The maximum absolute atomic E-state index is 9.45. The molecule has 3 unspecified atom stereocenters. The van der Waals surface area contributed by atoms with Gasteiger partial charge in [-0.1, -0.05) is 0 Å². The zero-order valence-electron chi connectivity index (χ0n) is 10.5. The molecule has 0 aromatic rings.